The Balaban J connectivity index is 1.80. The molecule has 1 N–H and O–H groups in total. The number of halogens is 1. The van der Waals surface area contributed by atoms with Gasteiger partial charge in [0.25, 0.3) is 5.91 Å². The molecule has 2 heterocycles. The zero-order chi connectivity index (χ0) is 20.5. The molecule has 3 aromatic rings. The molecule has 0 radical (unpaired) electrons. The Kier molecular flexibility index (Phi) is 5.46. The first kappa shape index (κ1) is 19.7. The van der Waals surface area contributed by atoms with Crippen molar-refractivity contribution in [2.24, 2.45) is 5.92 Å². The molecule has 1 unspecified atom stereocenters. The Morgan fingerprint density at radius 3 is 2.59 bits per heavy atom. The molecule has 4 rings (SSSR count). The molecule has 0 spiro atoms. The highest BCUT2D eigenvalue weighted by Crippen LogP contribution is 2.35. The molecule has 0 saturated heterocycles. The van der Waals surface area contributed by atoms with E-state index in [1.54, 1.807) is 7.11 Å². The maximum Gasteiger partial charge on any atom is 0.270 e. The number of ether oxygens (including phenoxy) is 1. The first-order valence-electron chi connectivity index (χ1n) is 9.75. The van der Waals surface area contributed by atoms with Crippen LogP contribution in [0.3, 0.4) is 0 Å². The minimum atomic E-state index is -0.175. The van der Waals surface area contributed by atoms with Gasteiger partial charge < -0.3 is 10.1 Å². The lowest BCUT2D eigenvalue weighted by molar-refractivity contribution is 0.0950. The van der Waals surface area contributed by atoms with Crippen LogP contribution in [0.4, 0.5) is 0 Å². The quantitative estimate of drug-likeness (QED) is 0.586. The van der Waals surface area contributed by atoms with Crippen LogP contribution in [0.5, 0.6) is 5.75 Å². The number of carbonyl (C=O) groups excluding carboxylic acids is 1. The first-order valence-corrected chi connectivity index (χ1v) is 10.5. The number of amides is 1. The molecule has 0 saturated carbocycles. The highest BCUT2D eigenvalue weighted by Gasteiger charge is 2.37. The predicted molar refractivity (Wildman–Crippen MR) is 116 cm³/mol. The van der Waals surface area contributed by atoms with Crippen molar-refractivity contribution in [3.63, 3.8) is 0 Å². The number of carbonyl (C=O) groups is 1. The Morgan fingerprint density at radius 2 is 1.90 bits per heavy atom. The van der Waals surface area contributed by atoms with E-state index in [2.05, 4.69) is 35.1 Å². The molecule has 0 fully saturated rings. The number of rotatable bonds is 6. The second kappa shape index (κ2) is 8.03. The Bertz CT molecular complexity index is 1040. The van der Waals surface area contributed by atoms with Crippen molar-refractivity contribution in [1.29, 1.82) is 0 Å². The van der Waals surface area contributed by atoms with Gasteiger partial charge in [0.1, 0.15) is 11.4 Å². The summed E-state index contributed by atoms with van der Waals surface area (Å²) in [7, 11) is 1.66. The molecule has 0 bridgehead atoms. The molecule has 5 nitrogen and oxygen atoms in total. The van der Waals surface area contributed by atoms with Crippen molar-refractivity contribution in [2.75, 3.05) is 7.11 Å². The normalized spacial score (nSPS) is 15.5. The van der Waals surface area contributed by atoms with Crippen LogP contribution in [0.15, 0.2) is 53.0 Å². The predicted octanol–water partition coefficient (Wildman–Crippen LogP) is 4.73. The number of methoxy groups -OCH3 is 1. The fourth-order valence-electron chi connectivity index (χ4n) is 3.89. The molecule has 6 heteroatoms. The van der Waals surface area contributed by atoms with Gasteiger partial charge in [-0.1, -0.05) is 60.1 Å². The van der Waals surface area contributed by atoms with Crippen LogP contribution < -0.4 is 10.1 Å². The van der Waals surface area contributed by atoms with Crippen LogP contribution >= 0.6 is 15.9 Å². The number of para-hydroxylation sites is 1. The van der Waals surface area contributed by atoms with E-state index in [1.807, 2.05) is 53.2 Å². The molecule has 0 aliphatic carbocycles. The van der Waals surface area contributed by atoms with E-state index < -0.39 is 0 Å². The van der Waals surface area contributed by atoms with Gasteiger partial charge in [0.15, 0.2) is 0 Å². The largest absolute Gasteiger partial charge is 0.496 e. The fourth-order valence-corrected chi connectivity index (χ4v) is 4.16. The molecule has 2 aromatic carbocycles. The number of benzene rings is 2. The lowest BCUT2D eigenvalue weighted by Crippen LogP contribution is -2.23. The summed E-state index contributed by atoms with van der Waals surface area (Å²) in [5, 5.41) is 8.03. The van der Waals surface area contributed by atoms with Crippen LogP contribution in [0, 0.1) is 5.92 Å². The molecular formula is C23H24BrN3O2. The van der Waals surface area contributed by atoms with E-state index in [0.717, 1.165) is 39.0 Å². The van der Waals surface area contributed by atoms with Gasteiger partial charge in [-0.15, -0.1) is 0 Å². The van der Waals surface area contributed by atoms with E-state index in [-0.39, 0.29) is 11.9 Å². The summed E-state index contributed by atoms with van der Waals surface area (Å²) in [6.07, 6.45) is 0.823. The maximum atomic E-state index is 13.0. The number of fused-ring (bicyclic) bond motifs is 1. The zero-order valence-electron chi connectivity index (χ0n) is 16.8. The lowest BCUT2D eigenvalue weighted by atomic mass is 9.96. The molecule has 150 valence electrons. The van der Waals surface area contributed by atoms with Crippen LogP contribution in [-0.2, 0) is 13.0 Å². The number of hydrogen-bond acceptors (Lipinski definition) is 3. The highest BCUT2D eigenvalue weighted by atomic mass is 79.9. The third-order valence-electron chi connectivity index (χ3n) is 5.16. The molecule has 1 atom stereocenters. The number of nitrogens with zero attached hydrogens (tertiary/aromatic N) is 2. The van der Waals surface area contributed by atoms with Crippen molar-refractivity contribution >= 4 is 21.8 Å². The van der Waals surface area contributed by atoms with Crippen molar-refractivity contribution < 1.29 is 9.53 Å². The minimum absolute atomic E-state index is 0.0784. The molecule has 1 amide bonds. The third-order valence-corrected chi connectivity index (χ3v) is 5.69. The molecule has 1 aromatic heterocycles. The van der Waals surface area contributed by atoms with Crippen molar-refractivity contribution in [1.82, 2.24) is 15.1 Å². The van der Waals surface area contributed by atoms with Gasteiger partial charge in [0, 0.05) is 15.6 Å². The maximum absolute atomic E-state index is 13.0. The summed E-state index contributed by atoms with van der Waals surface area (Å²) in [4.78, 5) is 13.0. The third kappa shape index (κ3) is 3.81. The Hall–Kier alpha value is -2.60. The van der Waals surface area contributed by atoms with E-state index >= 15 is 0 Å². The van der Waals surface area contributed by atoms with Gasteiger partial charge in [-0.3, -0.25) is 9.48 Å². The summed E-state index contributed by atoms with van der Waals surface area (Å²) in [6, 6.07) is 15.8. The summed E-state index contributed by atoms with van der Waals surface area (Å²) in [6.45, 7) is 4.83. The molecule has 1 aliphatic rings. The SMILES string of the molecule is COc1ccccc1Cn1nc(CC(C)C)c2c1C(=O)NC2c1ccc(Br)cc1. The number of nitrogens with one attached hydrogen (secondary N) is 1. The summed E-state index contributed by atoms with van der Waals surface area (Å²) in [5.41, 5.74) is 4.69. The fraction of sp³-hybridized carbons (Fsp3) is 0.304. The van der Waals surface area contributed by atoms with E-state index in [9.17, 15) is 4.79 Å². The highest BCUT2D eigenvalue weighted by molar-refractivity contribution is 9.10. The van der Waals surface area contributed by atoms with Crippen LogP contribution in [0.25, 0.3) is 0 Å². The lowest BCUT2D eigenvalue weighted by Gasteiger charge is -2.14. The van der Waals surface area contributed by atoms with Gasteiger partial charge >= 0.3 is 0 Å². The average Bonchev–Trinajstić information content (AvgIpc) is 3.21. The van der Waals surface area contributed by atoms with Crippen molar-refractivity contribution in [2.45, 2.75) is 32.9 Å². The van der Waals surface area contributed by atoms with Gasteiger partial charge in [-0.25, -0.2) is 0 Å². The Morgan fingerprint density at radius 1 is 1.17 bits per heavy atom. The van der Waals surface area contributed by atoms with Gasteiger partial charge in [0.05, 0.1) is 25.4 Å². The standard InChI is InChI=1S/C23H24BrN3O2/c1-14(2)12-18-20-21(15-8-10-17(24)11-9-15)25-23(28)22(20)27(26-18)13-16-6-4-5-7-19(16)29-3/h4-11,14,21H,12-13H2,1-3H3,(H,25,28). The monoisotopic (exact) mass is 453 g/mol. The molecule has 29 heavy (non-hydrogen) atoms. The van der Waals surface area contributed by atoms with E-state index in [1.165, 1.54) is 0 Å². The zero-order valence-corrected chi connectivity index (χ0v) is 18.4. The van der Waals surface area contributed by atoms with E-state index in [4.69, 9.17) is 9.84 Å². The van der Waals surface area contributed by atoms with E-state index in [0.29, 0.717) is 18.2 Å². The Labute approximate surface area is 179 Å². The molecular weight excluding hydrogens is 430 g/mol. The number of aromatic nitrogens is 2. The number of hydrogen-bond donors (Lipinski definition) is 1. The van der Waals surface area contributed by atoms with Gasteiger partial charge in [-0.2, -0.15) is 5.10 Å². The second-order valence-corrected chi connectivity index (χ2v) is 8.65. The summed E-state index contributed by atoms with van der Waals surface area (Å²) < 4.78 is 8.34. The van der Waals surface area contributed by atoms with Gasteiger partial charge in [0.2, 0.25) is 0 Å². The smallest absolute Gasteiger partial charge is 0.270 e. The van der Waals surface area contributed by atoms with Crippen molar-refractivity contribution in [3.05, 3.63) is 81.1 Å². The second-order valence-electron chi connectivity index (χ2n) is 7.73. The van der Waals surface area contributed by atoms with Crippen LogP contribution in [0.2, 0.25) is 0 Å². The average molecular weight is 454 g/mol. The topological polar surface area (TPSA) is 56.2 Å². The summed E-state index contributed by atoms with van der Waals surface area (Å²) >= 11 is 3.48. The van der Waals surface area contributed by atoms with Crippen molar-refractivity contribution in [3.8, 4) is 5.75 Å². The van der Waals surface area contributed by atoms with Crippen LogP contribution in [0.1, 0.15) is 52.8 Å². The summed E-state index contributed by atoms with van der Waals surface area (Å²) in [5.74, 6) is 1.16. The molecule has 1 aliphatic heterocycles. The van der Waals surface area contributed by atoms with Crippen LogP contribution in [-0.4, -0.2) is 22.8 Å². The first-order chi connectivity index (χ1) is 14.0. The minimum Gasteiger partial charge on any atom is -0.496 e. The van der Waals surface area contributed by atoms with Gasteiger partial charge in [-0.05, 0) is 36.1 Å².